The topological polar surface area (TPSA) is 65.2 Å². The van der Waals surface area contributed by atoms with E-state index in [1.807, 2.05) is 0 Å². The van der Waals surface area contributed by atoms with Crippen LogP contribution < -0.4 is 5.73 Å². The maximum Gasteiger partial charge on any atom is 0.418 e. The fourth-order valence-electron chi connectivity index (χ4n) is 0.980. The molecule has 0 bridgehead atoms. The standard InChI is InChI=1S/C8H7F3N2O2/c1-15-7(14)6-5(12)4(2-3-13-6)8(9,10)11/h2-3H,12H2,1H3. The van der Waals surface area contributed by atoms with Gasteiger partial charge in [0.25, 0.3) is 0 Å². The maximum atomic E-state index is 12.3. The van der Waals surface area contributed by atoms with Crippen LogP contribution in [0.2, 0.25) is 0 Å². The fraction of sp³-hybridized carbons (Fsp3) is 0.250. The van der Waals surface area contributed by atoms with E-state index in [-0.39, 0.29) is 0 Å². The third-order valence-electron chi connectivity index (χ3n) is 1.67. The van der Waals surface area contributed by atoms with Crippen LogP contribution in [0.5, 0.6) is 0 Å². The third kappa shape index (κ3) is 2.17. The van der Waals surface area contributed by atoms with Gasteiger partial charge in [-0.05, 0) is 6.07 Å². The molecule has 4 nitrogen and oxygen atoms in total. The normalized spacial score (nSPS) is 11.2. The lowest BCUT2D eigenvalue weighted by molar-refractivity contribution is -0.137. The second-order valence-electron chi connectivity index (χ2n) is 2.61. The number of anilines is 1. The van der Waals surface area contributed by atoms with Gasteiger partial charge >= 0.3 is 12.1 Å². The number of esters is 1. The Hall–Kier alpha value is -1.79. The van der Waals surface area contributed by atoms with Gasteiger partial charge in [-0.15, -0.1) is 0 Å². The highest BCUT2D eigenvalue weighted by molar-refractivity contribution is 5.93. The lowest BCUT2D eigenvalue weighted by Gasteiger charge is -2.11. The lowest BCUT2D eigenvalue weighted by Crippen LogP contribution is -2.15. The van der Waals surface area contributed by atoms with E-state index >= 15 is 0 Å². The first-order chi connectivity index (χ1) is 6.88. The zero-order chi connectivity index (χ0) is 11.6. The van der Waals surface area contributed by atoms with Crippen molar-refractivity contribution in [2.24, 2.45) is 0 Å². The number of carbonyl (C=O) groups is 1. The number of halogens is 3. The average Bonchev–Trinajstić information content (AvgIpc) is 2.15. The van der Waals surface area contributed by atoms with Crippen molar-refractivity contribution in [3.63, 3.8) is 0 Å². The highest BCUT2D eigenvalue weighted by Gasteiger charge is 2.35. The molecule has 0 radical (unpaired) electrons. The number of nitrogens with two attached hydrogens (primary N) is 1. The smallest absolute Gasteiger partial charge is 0.418 e. The molecule has 15 heavy (non-hydrogen) atoms. The largest absolute Gasteiger partial charge is 0.464 e. The molecule has 0 fully saturated rings. The predicted molar refractivity (Wildman–Crippen MR) is 45.0 cm³/mol. The van der Waals surface area contributed by atoms with Gasteiger partial charge in [0.1, 0.15) is 0 Å². The highest BCUT2D eigenvalue weighted by atomic mass is 19.4. The number of nitrogens with zero attached hydrogens (tertiary/aromatic N) is 1. The second kappa shape index (κ2) is 3.76. The molecule has 0 aliphatic rings. The molecule has 0 spiro atoms. The first kappa shape index (κ1) is 11.3. The Labute approximate surface area is 82.9 Å². The zero-order valence-corrected chi connectivity index (χ0v) is 7.63. The lowest BCUT2D eigenvalue weighted by atomic mass is 10.1. The molecular weight excluding hydrogens is 213 g/mol. The number of hydrogen-bond donors (Lipinski definition) is 1. The van der Waals surface area contributed by atoms with Crippen LogP contribution in [0.3, 0.4) is 0 Å². The number of methoxy groups -OCH3 is 1. The number of carbonyl (C=O) groups excluding carboxylic acids is 1. The fourth-order valence-corrected chi connectivity index (χ4v) is 0.980. The van der Waals surface area contributed by atoms with Gasteiger partial charge in [-0.25, -0.2) is 9.78 Å². The molecule has 0 unspecified atom stereocenters. The van der Waals surface area contributed by atoms with Gasteiger partial charge < -0.3 is 10.5 Å². The quantitative estimate of drug-likeness (QED) is 0.728. The minimum absolute atomic E-state index is 0.535. The summed E-state index contributed by atoms with van der Waals surface area (Å²) in [4.78, 5) is 14.4. The number of pyridine rings is 1. The summed E-state index contributed by atoms with van der Waals surface area (Å²) in [5.74, 6) is -1.00. The summed E-state index contributed by atoms with van der Waals surface area (Å²) in [5.41, 5.74) is 2.80. The summed E-state index contributed by atoms with van der Waals surface area (Å²) in [6.45, 7) is 0. The molecule has 0 aliphatic carbocycles. The van der Waals surface area contributed by atoms with E-state index < -0.39 is 29.1 Å². The van der Waals surface area contributed by atoms with Gasteiger partial charge in [-0.1, -0.05) is 0 Å². The minimum Gasteiger partial charge on any atom is -0.464 e. The monoisotopic (exact) mass is 220 g/mol. The van der Waals surface area contributed by atoms with Crippen LogP contribution in [0.4, 0.5) is 18.9 Å². The molecule has 0 aliphatic heterocycles. The zero-order valence-electron chi connectivity index (χ0n) is 7.63. The van der Waals surface area contributed by atoms with Gasteiger partial charge in [-0.3, -0.25) is 0 Å². The first-order valence-corrected chi connectivity index (χ1v) is 3.78. The molecule has 7 heteroatoms. The first-order valence-electron chi connectivity index (χ1n) is 3.78. The molecule has 0 saturated heterocycles. The van der Waals surface area contributed by atoms with E-state index in [1.54, 1.807) is 0 Å². The van der Waals surface area contributed by atoms with E-state index in [0.29, 0.717) is 6.07 Å². The van der Waals surface area contributed by atoms with E-state index in [0.717, 1.165) is 13.3 Å². The molecule has 2 N–H and O–H groups in total. The van der Waals surface area contributed by atoms with Crippen molar-refractivity contribution in [2.45, 2.75) is 6.18 Å². The van der Waals surface area contributed by atoms with E-state index in [1.165, 1.54) is 0 Å². The number of ether oxygens (including phenoxy) is 1. The number of aromatic nitrogens is 1. The summed E-state index contributed by atoms with van der Waals surface area (Å²) < 4.78 is 41.2. The van der Waals surface area contributed by atoms with Crippen LogP contribution in [0.25, 0.3) is 0 Å². The van der Waals surface area contributed by atoms with Crippen LogP contribution >= 0.6 is 0 Å². The Morgan fingerprint density at radius 2 is 2.13 bits per heavy atom. The van der Waals surface area contributed by atoms with Crippen molar-refractivity contribution in [1.29, 1.82) is 0 Å². The summed E-state index contributed by atoms with van der Waals surface area (Å²) in [6, 6.07) is 0.696. The molecule has 1 aromatic rings. The number of nitrogen functional groups attached to an aromatic ring is 1. The number of rotatable bonds is 1. The molecule has 0 aromatic carbocycles. The van der Waals surface area contributed by atoms with Gasteiger partial charge in [-0.2, -0.15) is 13.2 Å². The second-order valence-corrected chi connectivity index (χ2v) is 2.61. The van der Waals surface area contributed by atoms with E-state index in [2.05, 4.69) is 9.72 Å². The molecule has 0 atom stereocenters. The van der Waals surface area contributed by atoms with Crippen molar-refractivity contribution < 1.29 is 22.7 Å². The number of alkyl halides is 3. The highest BCUT2D eigenvalue weighted by Crippen LogP contribution is 2.34. The molecule has 82 valence electrons. The Kier molecular flexibility index (Phi) is 2.83. The van der Waals surface area contributed by atoms with Crippen molar-refractivity contribution in [3.8, 4) is 0 Å². The van der Waals surface area contributed by atoms with Crippen molar-refractivity contribution >= 4 is 11.7 Å². The van der Waals surface area contributed by atoms with Crippen LogP contribution in [-0.4, -0.2) is 18.1 Å². The van der Waals surface area contributed by atoms with E-state index in [9.17, 15) is 18.0 Å². The van der Waals surface area contributed by atoms with Crippen molar-refractivity contribution in [3.05, 3.63) is 23.5 Å². The summed E-state index contributed by atoms with van der Waals surface area (Å²) in [5, 5.41) is 0. The molecule has 1 rings (SSSR count). The van der Waals surface area contributed by atoms with Crippen molar-refractivity contribution in [2.75, 3.05) is 12.8 Å². The van der Waals surface area contributed by atoms with Crippen LogP contribution in [0.1, 0.15) is 16.1 Å². The Morgan fingerprint density at radius 1 is 1.53 bits per heavy atom. The van der Waals surface area contributed by atoms with Gasteiger partial charge in [0, 0.05) is 6.20 Å². The van der Waals surface area contributed by atoms with Crippen LogP contribution in [-0.2, 0) is 10.9 Å². The summed E-state index contributed by atoms with van der Waals surface area (Å²) >= 11 is 0. The summed E-state index contributed by atoms with van der Waals surface area (Å²) in [7, 11) is 1.03. The maximum absolute atomic E-state index is 12.3. The van der Waals surface area contributed by atoms with E-state index in [4.69, 9.17) is 5.73 Å². The Balaban J connectivity index is 3.30. The Bertz CT molecular complexity index is 390. The van der Waals surface area contributed by atoms with Gasteiger partial charge in [0.2, 0.25) is 0 Å². The predicted octanol–water partition coefficient (Wildman–Crippen LogP) is 1.47. The van der Waals surface area contributed by atoms with Crippen LogP contribution in [0.15, 0.2) is 12.3 Å². The number of hydrogen-bond acceptors (Lipinski definition) is 4. The minimum atomic E-state index is -4.62. The van der Waals surface area contributed by atoms with Crippen molar-refractivity contribution in [1.82, 2.24) is 4.98 Å². The van der Waals surface area contributed by atoms with Gasteiger partial charge in [0.15, 0.2) is 5.69 Å². The molecule has 0 amide bonds. The molecule has 1 aromatic heterocycles. The molecule has 1 heterocycles. The SMILES string of the molecule is COC(=O)c1nccc(C(F)(F)F)c1N. The summed E-state index contributed by atoms with van der Waals surface area (Å²) in [6.07, 6.45) is -3.76. The Morgan fingerprint density at radius 3 is 2.60 bits per heavy atom. The third-order valence-corrected chi connectivity index (χ3v) is 1.67. The average molecular weight is 220 g/mol. The molecule has 0 saturated carbocycles. The van der Waals surface area contributed by atoms with Gasteiger partial charge in [0.05, 0.1) is 18.4 Å². The van der Waals surface area contributed by atoms with Crippen LogP contribution in [0, 0.1) is 0 Å². The molecular formula is C8H7F3N2O2.